The molecule has 0 spiro atoms. The van der Waals surface area contributed by atoms with Gasteiger partial charge >= 0.3 is 0 Å². The van der Waals surface area contributed by atoms with Crippen molar-refractivity contribution in [2.45, 2.75) is 26.3 Å². The summed E-state index contributed by atoms with van der Waals surface area (Å²) in [4.78, 5) is 4.36. The molecule has 108 valence electrons. The molecule has 1 heterocycles. The highest BCUT2D eigenvalue weighted by Crippen LogP contribution is 2.14. The molecule has 4 heteroatoms. The lowest BCUT2D eigenvalue weighted by atomic mass is 10.1. The van der Waals surface area contributed by atoms with Gasteiger partial charge in [-0.1, -0.05) is 29.8 Å². The smallest absolute Gasteiger partial charge is 0.203 e. The number of methoxy groups -OCH3 is 1. The third-order valence-corrected chi connectivity index (χ3v) is 3.33. The van der Waals surface area contributed by atoms with Crippen molar-refractivity contribution in [1.29, 1.82) is 0 Å². The van der Waals surface area contributed by atoms with Crippen LogP contribution in [0.15, 0.2) is 36.7 Å². The van der Waals surface area contributed by atoms with E-state index in [1.807, 2.05) is 12.4 Å². The predicted molar refractivity (Wildman–Crippen MR) is 82.2 cm³/mol. The molecule has 1 aromatic heterocycles. The van der Waals surface area contributed by atoms with E-state index >= 15 is 0 Å². The summed E-state index contributed by atoms with van der Waals surface area (Å²) in [6.45, 7) is 5.80. The van der Waals surface area contributed by atoms with E-state index in [-0.39, 0.29) is 6.04 Å². The van der Waals surface area contributed by atoms with E-state index in [0.717, 1.165) is 18.9 Å². The number of rotatable bonds is 7. The maximum absolute atomic E-state index is 5.19. The second-order valence-corrected chi connectivity index (χ2v) is 5.13. The van der Waals surface area contributed by atoms with Crippen LogP contribution in [0.25, 0.3) is 0 Å². The molecule has 0 aliphatic heterocycles. The largest absolute Gasteiger partial charge is 0.383 e. The van der Waals surface area contributed by atoms with Crippen molar-refractivity contribution in [3.8, 4) is 0 Å². The minimum absolute atomic E-state index is 0.281. The van der Waals surface area contributed by atoms with Crippen molar-refractivity contribution >= 4 is 5.95 Å². The highest BCUT2D eigenvalue weighted by atomic mass is 16.5. The number of nitrogens with zero attached hydrogens (tertiary/aromatic N) is 2. The number of hydrogen-bond acceptors (Lipinski definition) is 3. The highest BCUT2D eigenvalue weighted by Gasteiger charge is 2.09. The van der Waals surface area contributed by atoms with Gasteiger partial charge in [0.05, 0.1) is 12.6 Å². The molecule has 1 unspecified atom stereocenters. The Bertz CT molecular complexity index is 536. The molecule has 0 fully saturated rings. The van der Waals surface area contributed by atoms with Crippen LogP contribution in [0.4, 0.5) is 5.95 Å². The fraction of sp³-hybridized carbons (Fsp3) is 0.438. The van der Waals surface area contributed by atoms with Crippen LogP contribution in [0.3, 0.4) is 0 Å². The standard InChI is InChI=1S/C16H23N3O/c1-13-5-4-6-15(11-13)7-8-17-16-18-9-10-19(16)14(2)12-20-3/h4-6,9-11,14H,7-8,12H2,1-3H3,(H,17,18). The number of aryl methyl sites for hydroxylation is 1. The number of ether oxygens (including phenoxy) is 1. The van der Waals surface area contributed by atoms with Crippen molar-refractivity contribution < 1.29 is 4.74 Å². The molecule has 0 saturated carbocycles. The van der Waals surface area contributed by atoms with Crippen LogP contribution in [0, 0.1) is 6.92 Å². The average molecular weight is 273 g/mol. The van der Waals surface area contributed by atoms with Gasteiger partial charge in [-0.25, -0.2) is 4.98 Å². The first-order valence-electron chi connectivity index (χ1n) is 7.02. The van der Waals surface area contributed by atoms with Crippen molar-refractivity contribution in [3.05, 3.63) is 47.8 Å². The molecule has 4 nitrogen and oxygen atoms in total. The van der Waals surface area contributed by atoms with Crippen molar-refractivity contribution in [2.75, 3.05) is 25.6 Å². The first-order valence-corrected chi connectivity index (χ1v) is 7.02. The van der Waals surface area contributed by atoms with E-state index in [1.54, 1.807) is 7.11 Å². The first kappa shape index (κ1) is 14.6. The van der Waals surface area contributed by atoms with E-state index in [0.29, 0.717) is 6.61 Å². The van der Waals surface area contributed by atoms with E-state index in [2.05, 4.69) is 53.0 Å². The molecule has 0 amide bonds. The van der Waals surface area contributed by atoms with Crippen molar-refractivity contribution in [3.63, 3.8) is 0 Å². The summed E-state index contributed by atoms with van der Waals surface area (Å²) >= 11 is 0. The van der Waals surface area contributed by atoms with Crippen LogP contribution in [0.1, 0.15) is 24.1 Å². The van der Waals surface area contributed by atoms with Gasteiger partial charge in [-0.05, 0) is 25.8 Å². The van der Waals surface area contributed by atoms with Crippen molar-refractivity contribution in [1.82, 2.24) is 9.55 Å². The molecule has 2 aromatic rings. The number of anilines is 1. The number of benzene rings is 1. The SMILES string of the molecule is COCC(C)n1ccnc1NCCc1cccc(C)c1. The van der Waals surface area contributed by atoms with Crippen LogP contribution in [-0.4, -0.2) is 29.8 Å². The molecule has 0 aliphatic carbocycles. The third kappa shape index (κ3) is 3.84. The van der Waals surface area contributed by atoms with Crippen LogP contribution in [0.2, 0.25) is 0 Å². The van der Waals surface area contributed by atoms with Gasteiger partial charge in [0.15, 0.2) is 0 Å². The Morgan fingerprint density at radius 3 is 3.00 bits per heavy atom. The molecule has 1 aromatic carbocycles. The summed E-state index contributed by atoms with van der Waals surface area (Å²) < 4.78 is 7.30. The van der Waals surface area contributed by atoms with Gasteiger partial charge in [0.25, 0.3) is 0 Å². The van der Waals surface area contributed by atoms with Crippen LogP contribution >= 0.6 is 0 Å². The molecule has 1 atom stereocenters. The van der Waals surface area contributed by atoms with Gasteiger partial charge in [0.1, 0.15) is 0 Å². The van der Waals surface area contributed by atoms with Gasteiger partial charge < -0.3 is 14.6 Å². The number of nitrogens with one attached hydrogen (secondary N) is 1. The van der Waals surface area contributed by atoms with E-state index in [9.17, 15) is 0 Å². The minimum Gasteiger partial charge on any atom is -0.383 e. The number of imidazole rings is 1. The topological polar surface area (TPSA) is 39.1 Å². The van der Waals surface area contributed by atoms with Crippen LogP contribution in [0.5, 0.6) is 0 Å². The lowest BCUT2D eigenvalue weighted by molar-refractivity contribution is 0.163. The van der Waals surface area contributed by atoms with E-state index in [1.165, 1.54) is 11.1 Å². The van der Waals surface area contributed by atoms with Crippen LogP contribution < -0.4 is 5.32 Å². The van der Waals surface area contributed by atoms with Gasteiger partial charge in [0.2, 0.25) is 5.95 Å². The molecule has 2 rings (SSSR count). The Labute approximate surface area is 120 Å². The zero-order valence-electron chi connectivity index (χ0n) is 12.5. The lowest BCUT2D eigenvalue weighted by Crippen LogP contribution is -2.15. The second kappa shape index (κ2) is 7.10. The summed E-state index contributed by atoms with van der Waals surface area (Å²) in [6.07, 6.45) is 4.80. The normalized spacial score (nSPS) is 12.3. The van der Waals surface area contributed by atoms with Crippen molar-refractivity contribution in [2.24, 2.45) is 0 Å². The van der Waals surface area contributed by atoms with Crippen LogP contribution in [-0.2, 0) is 11.2 Å². The summed E-state index contributed by atoms with van der Waals surface area (Å²) in [5.74, 6) is 0.905. The van der Waals surface area contributed by atoms with E-state index in [4.69, 9.17) is 4.74 Å². The molecule has 0 radical (unpaired) electrons. The summed E-state index contributed by atoms with van der Waals surface area (Å²) in [7, 11) is 1.72. The summed E-state index contributed by atoms with van der Waals surface area (Å²) in [6, 6.07) is 8.89. The Balaban J connectivity index is 1.90. The molecular formula is C16H23N3O. The Hall–Kier alpha value is -1.81. The quantitative estimate of drug-likeness (QED) is 0.842. The second-order valence-electron chi connectivity index (χ2n) is 5.13. The number of hydrogen-bond donors (Lipinski definition) is 1. The predicted octanol–water partition coefficient (Wildman–Crippen LogP) is 3.05. The maximum atomic E-state index is 5.19. The Morgan fingerprint density at radius 1 is 1.40 bits per heavy atom. The summed E-state index contributed by atoms with van der Waals surface area (Å²) in [5.41, 5.74) is 2.65. The fourth-order valence-corrected chi connectivity index (χ4v) is 2.31. The molecule has 0 saturated heterocycles. The Morgan fingerprint density at radius 2 is 2.25 bits per heavy atom. The van der Waals surface area contributed by atoms with Gasteiger partial charge in [-0.2, -0.15) is 0 Å². The summed E-state index contributed by atoms with van der Waals surface area (Å²) in [5, 5.41) is 3.40. The molecule has 0 aliphatic rings. The first-order chi connectivity index (χ1) is 9.70. The molecule has 20 heavy (non-hydrogen) atoms. The van der Waals surface area contributed by atoms with Gasteiger partial charge in [0, 0.05) is 26.0 Å². The highest BCUT2D eigenvalue weighted by molar-refractivity contribution is 5.28. The fourth-order valence-electron chi connectivity index (χ4n) is 2.31. The third-order valence-electron chi connectivity index (χ3n) is 3.33. The average Bonchev–Trinajstić information content (AvgIpc) is 2.87. The zero-order chi connectivity index (χ0) is 14.4. The molecule has 0 bridgehead atoms. The number of aromatic nitrogens is 2. The minimum atomic E-state index is 0.281. The molecule has 1 N–H and O–H groups in total. The van der Waals surface area contributed by atoms with Gasteiger partial charge in [-0.15, -0.1) is 0 Å². The lowest BCUT2D eigenvalue weighted by Gasteiger charge is -2.16. The zero-order valence-corrected chi connectivity index (χ0v) is 12.5. The Kier molecular flexibility index (Phi) is 5.18. The van der Waals surface area contributed by atoms with E-state index < -0.39 is 0 Å². The van der Waals surface area contributed by atoms with Gasteiger partial charge in [-0.3, -0.25) is 0 Å². The molecular weight excluding hydrogens is 250 g/mol. The monoisotopic (exact) mass is 273 g/mol. The maximum Gasteiger partial charge on any atom is 0.203 e.